The maximum atomic E-state index is 9.08. The van der Waals surface area contributed by atoms with Crippen LogP contribution in [0.25, 0.3) is 0 Å². The predicted molar refractivity (Wildman–Crippen MR) is 60.3 cm³/mol. The molecular formula is C12H26O2. The fraction of sp³-hybridized carbons (Fsp3) is 1.00. The minimum atomic E-state index is -0.302. The van der Waals surface area contributed by atoms with Gasteiger partial charge in [-0.3, -0.25) is 5.26 Å². The van der Waals surface area contributed by atoms with Crippen molar-refractivity contribution in [2.24, 2.45) is 5.92 Å². The molecule has 86 valence electrons. The minimum Gasteiger partial charge on any atom is -0.251 e. The summed E-state index contributed by atoms with van der Waals surface area (Å²) in [7, 11) is 0. The third-order valence-corrected chi connectivity index (χ3v) is 3.52. The Balaban J connectivity index is 4.40. The summed E-state index contributed by atoms with van der Waals surface area (Å²) in [6.07, 6.45) is 6.47. The van der Waals surface area contributed by atoms with Crippen LogP contribution < -0.4 is 0 Å². The molecule has 0 fully saturated rings. The molecule has 0 amide bonds. The van der Waals surface area contributed by atoms with Crippen molar-refractivity contribution < 1.29 is 10.1 Å². The van der Waals surface area contributed by atoms with Crippen LogP contribution in [-0.4, -0.2) is 10.9 Å². The number of unbranched alkanes of at least 4 members (excludes halogenated alkanes) is 1. The van der Waals surface area contributed by atoms with E-state index in [0.717, 1.165) is 25.7 Å². The Morgan fingerprint density at radius 1 is 1.14 bits per heavy atom. The zero-order chi connectivity index (χ0) is 11.0. The van der Waals surface area contributed by atoms with Gasteiger partial charge in [0.2, 0.25) is 0 Å². The van der Waals surface area contributed by atoms with Crippen LogP contribution in [0.15, 0.2) is 0 Å². The first-order valence-electron chi connectivity index (χ1n) is 6.03. The van der Waals surface area contributed by atoms with Gasteiger partial charge < -0.3 is 0 Å². The van der Waals surface area contributed by atoms with Crippen LogP contribution in [-0.2, 0) is 4.89 Å². The Labute approximate surface area is 88.6 Å². The van der Waals surface area contributed by atoms with Crippen molar-refractivity contribution in [3.05, 3.63) is 0 Å². The average Bonchev–Trinajstić information content (AvgIpc) is 2.25. The van der Waals surface area contributed by atoms with Crippen LogP contribution in [0.3, 0.4) is 0 Å². The monoisotopic (exact) mass is 202 g/mol. The maximum absolute atomic E-state index is 9.08. The van der Waals surface area contributed by atoms with E-state index in [1.807, 2.05) is 0 Å². The quantitative estimate of drug-likeness (QED) is 0.471. The summed E-state index contributed by atoms with van der Waals surface area (Å²) in [4.78, 5) is 4.79. The van der Waals surface area contributed by atoms with E-state index in [9.17, 15) is 0 Å². The van der Waals surface area contributed by atoms with Crippen molar-refractivity contribution in [3.63, 3.8) is 0 Å². The molecule has 1 N–H and O–H groups in total. The molecule has 0 aliphatic heterocycles. The first-order valence-corrected chi connectivity index (χ1v) is 6.03. The fourth-order valence-corrected chi connectivity index (χ4v) is 2.32. The third kappa shape index (κ3) is 3.25. The summed E-state index contributed by atoms with van der Waals surface area (Å²) in [6.45, 7) is 8.56. The van der Waals surface area contributed by atoms with E-state index in [4.69, 9.17) is 10.1 Å². The lowest BCUT2D eigenvalue weighted by Crippen LogP contribution is -2.38. The molecule has 0 spiro atoms. The Morgan fingerprint density at radius 2 is 1.71 bits per heavy atom. The highest BCUT2D eigenvalue weighted by Crippen LogP contribution is 2.34. The standard InChI is InChI=1S/C12H26O2/c1-5-9-10-11(6-2)12(7-3,8-4)14-13/h11,13H,5-10H2,1-4H3. The highest BCUT2D eigenvalue weighted by atomic mass is 17.1. The summed E-state index contributed by atoms with van der Waals surface area (Å²) in [6, 6.07) is 0. The minimum absolute atomic E-state index is 0.302. The van der Waals surface area contributed by atoms with Crippen molar-refractivity contribution in [1.29, 1.82) is 0 Å². The number of hydrogen-bond donors (Lipinski definition) is 1. The summed E-state index contributed by atoms with van der Waals surface area (Å²) in [5.74, 6) is 0.488. The normalized spacial score (nSPS) is 14.4. The Bertz CT molecular complexity index is 122. The van der Waals surface area contributed by atoms with Crippen molar-refractivity contribution >= 4 is 0 Å². The number of rotatable bonds is 8. The first kappa shape index (κ1) is 13.9. The Kier molecular flexibility index (Phi) is 7.20. The first-order chi connectivity index (χ1) is 6.70. The molecule has 0 saturated heterocycles. The van der Waals surface area contributed by atoms with Crippen LogP contribution >= 0.6 is 0 Å². The smallest absolute Gasteiger partial charge is 0.106 e. The fourth-order valence-electron chi connectivity index (χ4n) is 2.32. The lowest BCUT2D eigenvalue weighted by molar-refractivity contribution is -0.341. The van der Waals surface area contributed by atoms with Gasteiger partial charge in [0.15, 0.2) is 0 Å². The molecule has 0 aliphatic rings. The van der Waals surface area contributed by atoms with E-state index >= 15 is 0 Å². The van der Waals surface area contributed by atoms with Gasteiger partial charge in [-0.25, -0.2) is 4.89 Å². The molecule has 0 aromatic heterocycles. The Hall–Kier alpha value is -0.0800. The molecule has 0 rings (SSSR count). The van der Waals surface area contributed by atoms with Gasteiger partial charge >= 0.3 is 0 Å². The zero-order valence-corrected chi connectivity index (χ0v) is 10.2. The second-order valence-electron chi connectivity index (χ2n) is 4.11. The van der Waals surface area contributed by atoms with E-state index in [0.29, 0.717) is 5.92 Å². The molecule has 0 heterocycles. The van der Waals surface area contributed by atoms with Crippen molar-refractivity contribution in [3.8, 4) is 0 Å². The van der Waals surface area contributed by atoms with Gasteiger partial charge in [0.25, 0.3) is 0 Å². The van der Waals surface area contributed by atoms with E-state index < -0.39 is 0 Å². The lowest BCUT2D eigenvalue weighted by Gasteiger charge is -2.36. The van der Waals surface area contributed by atoms with Gasteiger partial charge in [-0.15, -0.1) is 0 Å². The second kappa shape index (κ2) is 7.24. The lowest BCUT2D eigenvalue weighted by atomic mass is 9.78. The molecule has 0 saturated carbocycles. The third-order valence-electron chi connectivity index (χ3n) is 3.52. The SMILES string of the molecule is CCCCC(CC)C(CC)(CC)OO. The number of hydrogen-bond acceptors (Lipinski definition) is 2. The van der Waals surface area contributed by atoms with Crippen molar-refractivity contribution in [1.82, 2.24) is 0 Å². The van der Waals surface area contributed by atoms with E-state index in [1.165, 1.54) is 12.8 Å². The molecule has 0 aromatic carbocycles. The van der Waals surface area contributed by atoms with Gasteiger partial charge in [-0.05, 0) is 25.2 Å². The van der Waals surface area contributed by atoms with Gasteiger partial charge in [0, 0.05) is 0 Å². The van der Waals surface area contributed by atoms with Crippen LogP contribution in [0.2, 0.25) is 0 Å². The predicted octanol–water partition coefficient (Wildman–Crippen LogP) is 4.25. The van der Waals surface area contributed by atoms with Gasteiger partial charge in [0.1, 0.15) is 5.60 Å². The Morgan fingerprint density at radius 3 is 2.00 bits per heavy atom. The summed E-state index contributed by atoms with van der Waals surface area (Å²) in [5.41, 5.74) is -0.302. The van der Waals surface area contributed by atoms with Crippen LogP contribution in [0, 0.1) is 5.92 Å². The van der Waals surface area contributed by atoms with Crippen molar-refractivity contribution in [2.75, 3.05) is 0 Å². The highest BCUT2D eigenvalue weighted by molar-refractivity contribution is 4.84. The van der Waals surface area contributed by atoms with E-state index in [-0.39, 0.29) is 5.60 Å². The molecule has 2 nitrogen and oxygen atoms in total. The summed E-state index contributed by atoms with van der Waals surface area (Å²) >= 11 is 0. The maximum Gasteiger partial charge on any atom is 0.106 e. The summed E-state index contributed by atoms with van der Waals surface area (Å²) < 4.78 is 0. The molecule has 1 unspecified atom stereocenters. The molecule has 1 atom stereocenters. The molecule has 0 aromatic rings. The average molecular weight is 202 g/mol. The molecule has 2 heteroatoms. The molecule has 0 bridgehead atoms. The molecule has 14 heavy (non-hydrogen) atoms. The van der Waals surface area contributed by atoms with Crippen LogP contribution in [0.4, 0.5) is 0 Å². The van der Waals surface area contributed by atoms with E-state index in [1.54, 1.807) is 0 Å². The molecule has 0 radical (unpaired) electrons. The highest BCUT2D eigenvalue weighted by Gasteiger charge is 2.35. The topological polar surface area (TPSA) is 29.5 Å². The largest absolute Gasteiger partial charge is 0.251 e. The van der Waals surface area contributed by atoms with Gasteiger partial charge in [0.05, 0.1) is 0 Å². The van der Waals surface area contributed by atoms with Gasteiger partial charge in [-0.1, -0.05) is 47.0 Å². The summed E-state index contributed by atoms with van der Waals surface area (Å²) in [5, 5.41) is 9.08. The van der Waals surface area contributed by atoms with Gasteiger partial charge in [-0.2, -0.15) is 0 Å². The van der Waals surface area contributed by atoms with E-state index in [2.05, 4.69) is 27.7 Å². The zero-order valence-electron chi connectivity index (χ0n) is 10.2. The second-order valence-corrected chi connectivity index (χ2v) is 4.11. The molecular weight excluding hydrogens is 176 g/mol. The molecule has 0 aliphatic carbocycles. The van der Waals surface area contributed by atoms with Crippen molar-refractivity contribution in [2.45, 2.75) is 71.8 Å². The van der Waals surface area contributed by atoms with Crippen LogP contribution in [0.1, 0.15) is 66.2 Å². The van der Waals surface area contributed by atoms with Crippen LogP contribution in [0.5, 0.6) is 0 Å².